The van der Waals surface area contributed by atoms with Crippen molar-refractivity contribution in [1.29, 1.82) is 0 Å². The normalized spacial score (nSPS) is 21.4. The molecule has 0 amide bonds. The summed E-state index contributed by atoms with van der Waals surface area (Å²) >= 11 is 0. The van der Waals surface area contributed by atoms with Gasteiger partial charge in [-0.25, -0.2) is 4.39 Å². The van der Waals surface area contributed by atoms with Crippen LogP contribution >= 0.6 is 0 Å². The van der Waals surface area contributed by atoms with Crippen molar-refractivity contribution < 1.29 is 9.13 Å². The summed E-state index contributed by atoms with van der Waals surface area (Å²) in [5.41, 5.74) is 9.00. The van der Waals surface area contributed by atoms with Crippen LogP contribution in [0.15, 0.2) is 24.4 Å². The van der Waals surface area contributed by atoms with Gasteiger partial charge in [-0.05, 0) is 24.6 Å². The van der Waals surface area contributed by atoms with E-state index in [1.54, 1.807) is 10.7 Å². The van der Waals surface area contributed by atoms with Crippen molar-refractivity contribution in [2.24, 2.45) is 12.8 Å². The van der Waals surface area contributed by atoms with Crippen LogP contribution in [0.25, 0.3) is 0 Å². The molecule has 5 heteroatoms. The molecule has 0 aliphatic carbocycles. The van der Waals surface area contributed by atoms with Crippen LogP contribution in [-0.2, 0) is 13.5 Å². The lowest BCUT2D eigenvalue weighted by molar-refractivity contribution is 0.160. The first-order valence-corrected chi connectivity index (χ1v) is 6.82. The van der Waals surface area contributed by atoms with Crippen LogP contribution in [0, 0.1) is 5.82 Å². The molecule has 1 aliphatic heterocycles. The van der Waals surface area contributed by atoms with Gasteiger partial charge in [-0.1, -0.05) is 6.92 Å². The van der Waals surface area contributed by atoms with Gasteiger partial charge in [-0.15, -0.1) is 0 Å². The molecule has 2 atom stereocenters. The average molecular weight is 275 g/mol. The van der Waals surface area contributed by atoms with E-state index in [0.29, 0.717) is 12.2 Å². The van der Waals surface area contributed by atoms with E-state index in [-0.39, 0.29) is 18.0 Å². The first kappa shape index (κ1) is 13.1. The molecule has 1 aromatic carbocycles. The summed E-state index contributed by atoms with van der Waals surface area (Å²) in [6.45, 7) is 2.07. The number of rotatable bonds is 2. The van der Waals surface area contributed by atoms with Crippen molar-refractivity contribution in [2.75, 3.05) is 0 Å². The van der Waals surface area contributed by atoms with Crippen LogP contribution in [0.1, 0.15) is 42.3 Å². The van der Waals surface area contributed by atoms with Crippen molar-refractivity contribution in [3.8, 4) is 5.75 Å². The minimum absolute atomic E-state index is 0.119. The average Bonchev–Trinajstić information content (AvgIpc) is 2.80. The minimum Gasteiger partial charge on any atom is -0.485 e. The summed E-state index contributed by atoms with van der Waals surface area (Å²) in [6.07, 6.45) is 3.34. The maximum Gasteiger partial charge on any atom is 0.129 e. The fourth-order valence-corrected chi connectivity index (χ4v) is 2.76. The monoisotopic (exact) mass is 275 g/mol. The fraction of sp³-hybridized carbons (Fsp3) is 0.400. The molecule has 0 saturated heterocycles. The molecule has 3 rings (SSSR count). The third-order valence-corrected chi connectivity index (χ3v) is 3.73. The number of nitrogens with two attached hydrogens (primary N) is 1. The highest BCUT2D eigenvalue weighted by Gasteiger charge is 2.29. The maximum atomic E-state index is 13.3. The van der Waals surface area contributed by atoms with E-state index in [2.05, 4.69) is 12.0 Å². The summed E-state index contributed by atoms with van der Waals surface area (Å²) in [7, 11) is 1.90. The second kappa shape index (κ2) is 4.90. The van der Waals surface area contributed by atoms with E-state index in [1.165, 1.54) is 12.1 Å². The molecule has 0 fully saturated rings. The number of hydrogen-bond acceptors (Lipinski definition) is 3. The molecule has 20 heavy (non-hydrogen) atoms. The Morgan fingerprint density at radius 2 is 2.25 bits per heavy atom. The van der Waals surface area contributed by atoms with Gasteiger partial charge < -0.3 is 10.5 Å². The number of fused-ring (bicyclic) bond motifs is 1. The first-order chi connectivity index (χ1) is 9.58. The van der Waals surface area contributed by atoms with E-state index in [0.717, 1.165) is 23.2 Å². The number of aromatic nitrogens is 2. The summed E-state index contributed by atoms with van der Waals surface area (Å²) in [6, 6.07) is 4.29. The van der Waals surface area contributed by atoms with E-state index < -0.39 is 0 Å². The van der Waals surface area contributed by atoms with Gasteiger partial charge in [0, 0.05) is 36.8 Å². The smallest absolute Gasteiger partial charge is 0.129 e. The van der Waals surface area contributed by atoms with Gasteiger partial charge in [0.25, 0.3) is 0 Å². The Morgan fingerprint density at radius 3 is 3.00 bits per heavy atom. The third kappa shape index (κ3) is 2.18. The van der Waals surface area contributed by atoms with Gasteiger partial charge >= 0.3 is 0 Å². The van der Waals surface area contributed by atoms with Gasteiger partial charge in [0.2, 0.25) is 0 Å². The van der Waals surface area contributed by atoms with Gasteiger partial charge in [0.05, 0.1) is 5.69 Å². The van der Waals surface area contributed by atoms with Crippen LogP contribution in [0.2, 0.25) is 0 Å². The molecule has 4 nitrogen and oxygen atoms in total. The van der Waals surface area contributed by atoms with Gasteiger partial charge in [-0.3, -0.25) is 4.68 Å². The van der Waals surface area contributed by atoms with E-state index in [1.807, 2.05) is 13.2 Å². The molecule has 2 unspecified atom stereocenters. The van der Waals surface area contributed by atoms with Crippen molar-refractivity contribution in [2.45, 2.75) is 31.9 Å². The molecule has 106 valence electrons. The van der Waals surface area contributed by atoms with Crippen molar-refractivity contribution in [1.82, 2.24) is 9.78 Å². The Kier molecular flexibility index (Phi) is 3.22. The van der Waals surface area contributed by atoms with Gasteiger partial charge in [0.15, 0.2) is 0 Å². The second-order valence-corrected chi connectivity index (χ2v) is 5.19. The number of halogens is 1. The zero-order valence-electron chi connectivity index (χ0n) is 11.6. The molecule has 1 aliphatic rings. The van der Waals surface area contributed by atoms with Crippen LogP contribution in [0.4, 0.5) is 4.39 Å². The number of benzene rings is 1. The van der Waals surface area contributed by atoms with Gasteiger partial charge in [0.1, 0.15) is 17.7 Å². The van der Waals surface area contributed by atoms with Crippen molar-refractivity contribution in [3.05, 3.63) is 47.0 Å². The van der Waals surface area contributed by atoms with Crippen LogP contribution in [0.5, 0.6) is 5.75 Å². The van der Waals surface area contributed by atoms with Crippen molar-refractivity contribution in [3.63, 3.8) is 0 Å². The summed E-state index contributed by atoms with van der Waals surface area (Å²) in [5.74, 6) is 0.387. The largest absolute Gasteiger partial charge is 0.485 e. The molecule has 0 saturated carbocycles. The molecule has 2 heterocycles. The Hall–Kier alpha value is -1.88. The highest BCUT2D eigenvalue weighted by atomic mass is 19.1. The molecule has 1 aromatic heterocycles. The predicted molar refractivity (Wildman–Crippen MR) is 73.9 cm³/mol. The Morgan fingerprint density at radius 1 is 1.45 bits per heavy atom. The Balaban J connectivity index is 1.96. The molecule has 0 bridgehead atoms. The van der Waals surface area contributed by atoms with Crippen LogP contribution in [-0.4, -0.2) is 9.78 Å². The lowest BCUT2D eigenvalue weighted by Gasteiger charge is -2.30. The lowest BCUT2D eigenvalue weighted by atomic mass is 9.93. The predicted octanol–water partition coefficient (Wildman–Crippen LogP) is 2.65. The summed E-state index contributed by atoms with van der Waals surface area (Å²) < 4.78 is 21.1. The summed E-state index contributed by atoms with van der Waals surface area (Å²) in [5, 5.41) is 4.44. The third-order valence-electron chi connectivity index (χ3n) is 3.73. The molecule has 0 radical (unpaired) electrons. The molecule has 0 spiro atoms. The van der Waals surface area contributed by atoms with E-state index >= 15 is 0 Å². The maximum absolute atomic E-state index is 13.3. The lowest BCUT2D eigenvalue weighted by Crippen LogP contribution is -2.24. The molecule has 2 N–H and O–H groups in total. The van der Waals surface area contributed by atoms with Crippen LogP contribution < -0.4 is 10.5 Å². The van der Waals surface area contributed by atoms with Crippen LogP contribution in [0.3, 0.4) is 0 Å². The Bertz CT molecular complexity index is 638. The number of hydrogen-bond donors (Lipinski definition) is 1. The first-order valence-electron chi connectivity index (χ1n) is 6.82. The topological polar surface area (TPSA) is 53.1 Å². The van der Waals surface area contributed by atoms with E-state index in [4.69, 9.17) is 10.5 Å². The minimum atomic E-state index is -0.281. The zero-order chi connectivity index (χ0) is 14.3. The highest BCUT2D eigenvalue weighted by molar-refractivity contribution is 5.39. The molecule has 2 aromatic rings. The standard InChI is InChI=1S/C15H18FN3O/c1-3-13-11(8-19(2)18-13)15-7-12(17)10-6-9(16)4-5-14(10)20-15/h4-6,8,12,15H,3,7,17H2,1-2H3. The quantitative estimate of drug-likeness (QED) is 0.916. The summed E-state index contributed by atoms with van der Waals surface area (Å²) in [4.78, 5) is 0. The van der Waals surface area contributed by atoms with Crippen molar-refractivity contribution >= 4 is 0 Å². The second-order valence-electron chi connectivity index (χ2n) is 5.19. The number of nitrogens with zero attached hydrogens (tertiary/aromatic N) is 2. The number of ether oxygens (including phenoxy) is 1. The fourth-order valence-electron chi connectivity index (χ4n) is 2.76. The SMILES string of the molecule is CCc1nn(C)cc1C1CC(N)c2cc(F)ccc2O1. The molecular weight excluding hydrogens is 257 g/mol. The Labute approximate surface area is 117 Å². The number of aryl methyl sites for hydroxylation is 2. The highest BCUT2D eigenvalue weighted by Crippen LogP contribution is 2.40. The molecular formula is C15H18FN3O. The van der Waals surface area contributed by atoms with E-state index in [9.17, 15) is 4.39 Å². The van der Waals surface area contributed by atoms with Gasteiger partial charge in [-0.2, -0.15) is 5.10 Å². The zero-order valence-corrected chi connectivity index (χ0v) is 11.6.